The molecule has 5 nitrogen and oxygen atoms in total. The van der Waals surface area contributed by atoms with Gasteiger partial charge < -0.3 is 8.97 Å². The van der Waals surface area contributed by atoms with E-state index in [1.807, 2.05) is 35.6 Å². The summed E-state index contributed by atoms with van der Waals surface area (Å²) in [6.45, 7) is 0. The minimum Gasteiger partial charge on any atom is -0.309 e. The molecule has 0 radical (unpaired) electrons. The highest BCUT2D eigenvalue weighted by atomic mass is 32.1. The predicted octanol–water partition coefficient (Wildman–Crippen LogP) is 15.1. The number of fused-ring (bicyclic) bond motifs is 4. The number of rotatable bonds is 6. The molecule has 0 spiro atoms. The Balaban J connectivity index is 1.07. The molecular formula is C57H33N5S. The van der Waals surface area contributed by atoms with E-state index in [1.54, 1.807) is 0 Å². The maximum atomic E-state index is 5.32. The standard InChI is InChI=1S/C57H33N5S/c1-4-14-34(15-5-1)37-20-12-21-38(30-37)56-58-55(36-18-8-3-9-19-36)59-57(60-56)40-31-39(35-16-6-2-7-17-35)32-41(33-40)61-45-24-13-25-46-50(45)51-47(61)27-29-48-52(51)53-49(63-48)28-26-43-42-22-10-11-23-44(42)62(46)54(43)53/h1-33H. The molecule has 0 saturated carbocycles. The van der Waals surface area contributed by atoms with Crippen LogP contribution in [-0.2, 0) is 0 Å². The SMILES string of the molecule is c1ccc(-c2cccc(-c3nc(-c4ccccc4)nc(-c4cc(-c5ccccc5)cc(-n5c6ccc7sc8ccc9c%10ccccc%10n%10c%11cccc5c%11c6c7c8c9%10)c4)n3)c2)cc1. The number of aromatic nitrogens is 5. The lowest BCUT2D eigenvalue weighted by Gasteiger charge is -2.15. The molecule has 0 unspecified atom stereocenters. The van der Waals surface area contributed by atoms with Crippen molar-refractivity contribution in [2.45, 2.75) is 0 Å². The summed E-state index contributed by atoms with van der Waals surface area (Å²) in [7, 11) is 0. The van der Waals surface area contributed by atoms with Crippen LogP contribution in [0.4, 0.5) is 0 Å². The lowest BCUT2D eigenvalue weighted by Crippen LogP contribution is -2.02. The van der Waals surface area contributed by atoms with Gasteiger partial charge in [-0.25, -0.2) is 15.0 Å². The highest BCUT2D eigenvalue weighted by Crippen LogP contribution is 2.50. The summed E-state index contributed by atoms with van der Waals surface area (Å²) < 4.78 is 7.61. The second kappa shape index (κ2) is 13.2. The molecule has 0 aliphatic carbocycles. The van der Waals surface area contributed by atoms with E-state index < -0.39 is 0 Å². The van der Waals surface area contributed by atoms with Crippen LogP contribution >= 0.6 is 11.3 Å². The van der Waals surface area contributed by atoms with Gasteiger partial charge in [0.15, 0.2) is 17.5 Å². The van der Waals surface area contributed by atoms with Gasteiger partial charge in [-0.15, -0.1) is 11.3 Å². The van der Waals surface area contributed by atoms with Gasteiger partial charge in [-0.1, -0.05) is 140 Å². The zero-order valence-corrected chi connectivity index (χ0v) is 34.5. The third kappa shape index (κ3) is 5.07. The molecular weight excluding hydrogens is 787 g/mol. The van der Waals surface area contributed by atoms with Crippen LogP contribution in [0.15, 0.2) is 200 Å². The van der Waals surface area contributed by atoms with E-state index in [2.05, 4.69) is 185 Å². The van der Waals surface area contributed by atoms with E-state index in [0.717, 1.165) is 50.1 Å². The lowest BCUT2D eigenvalue weighted by molar-refractivity contribution is 1.07. The van der Waals surface area contributed by atoms with Gasteiger partial charge in [0.05, 0.1) is 27.6 Å². The van der Waals surface area contributed by atoms with Crippen LogP contribution in [0.25, 0.3) is 131 Å². The number of hydrogen-bond donors (Lipinski definition) is 0. The van der Waals surface area contributed by atoms with Crippen molar-refractivity contribution in [3.8, 4) is 62.1 Å². The van der Waals surface area contributed by atoms with Crippen LogP contribution in [0.5, 0.6) is 0 Å². The third-order valence-electron chi connectivity index (χ3n) is 12.8. The fourth-order valence-corrected chi connectivity index (χ4v) is 11.2. The molecule has 0 amide bonds. The number of benzene rings is 9. The smallest absolute Gasteiger partial charge is 0.164 e. The van der Waals surface area contributed by atoms with Crippen molar-refractivity contribution >= 4 is 80.6 Å². The van der Waals surface area contributed by atoms with Gasteiger partial charge >= 0.3 is 0 Å². The van der Waals surface area contributed by atoms with Crippen molar-refractivity contribution < 1.29 is 0 Å². The summed E-state index contributed by atoms with van der Waals surface area (Å²) in [5.74, 6) is 1.87. The highest BCUT2D eigenvalue weighted by Gasteiger charge is 2.26. The monoisotopic (exact) mass is 819 g/mol. The number of nitrogens with zero attached hydrogens (tertiary/aromatic N) is 5. The number of thiophene rings is 1. The Labute approximate surface area is 365 Å². The largest absolute Gasteiger partial charge is 0.309 e. The molecule has 0 N–H and O–H groups in total. The molecule has 0 aliphatic rings. The molecule has 6 heteroatoms. The predicted molar refractivity (Wildman–Crippen MR) is 263 cm³/mol. The molecule has 63 heavy (non-hydrogen) atoms. The summed E-state index contributed by atoms with van der Waals surface area (Å²) in [5.41, 5.74) is 14.3. The Morgan fingerprint density at radius 2 is 0.857 bits per heavy atom. The van der Waals surface area contributed by atoms with Gasteiger partial charge in [0.2, 0.25) is 0 Å². The topological polar surface area (TPSA) is 48.0 Å². The van der Waals surface area contributed by atoms with Crippen LogP contribution < -0.4 is 0 Å². The second-order valence-electron chi connectivity index (χ2n) is 16.4. The summed E-state index contributed by atoms with van der Waals surface area (Å²) >= 11 is 1.89. The minimum atomic E-state index is 0.614. The molecule has 0 bridgehead atoms. The molecule has 5 heterocycles. The van der Waals surface area contributed by atoms with Crippen LogP contribution in [0.1, 0.15) is 0 Å². The van der Waals surface area contributed by atoms with E-state index >= 15 is 0 Å². The minimum absolute atomic E-state index is 0.614. The maximum Gasteiger partial charge on any atom is 0.164 e. The molecule has 5 aromatic heterocycles. The molecule has 0 saturated heterocycles. The van der Waals surface area contributed by atoms with E-state index in [0.29, 0.717) is 17.5 Å². The van der Waals surface area contributed by atoms with Gasteiger partial charge in [0, 0.05) is 64.1 Å². The first-order valence-electron chi connectivity index (χ1n) is 21.3. The van der Waals surface area contributed by atoms with Crippen LogP contribution in [0.2, 0.25) is 0 Å². The Kier molecular flexibility index (Phi) is 7.21. The Hall–Kier alpha value is -8.19. The molecule has 292 valence electrons. The second-order valence-corrected chi connectivity index (χ2v) is 17.5. The van der Waals surface area contributed by atoms with Crippen LogP contribution in [0, 0.1) is 0 Å². The van der Waals surface area contributed by atoms with Crippen molar-refractivity contribution in [2.24, 2.45) is 0 Å². The van der Waals surface area contributed by atoms with Gasteiger partial charge in [-0.2, -0.15) is 0 Å². The number of hydrogen-bond acceptors (Lipinski definition) is 4. The average molecular weight is 820 g/mol. The van der Waals surface area contributed by atoms with E-state index in [-0.39, 0.29) is 0 Å². The molecule has 14 aromatic rings. The van der Waals surface area contributed by atoms with Gasteiger partial charge in [-0.3, -0.25) is 0 Å². The number of para-hydroxylation sites is 1. The summed E-state index contributed by atoms with van der Waals surface area (Å²) in [4.78, 5) is 15.7. The molecule has 0 aliphatic heterocycles. The van der Waals surface area contributed by atoms with Crippen molar-refractivity contribution in [3.63, 3.8) is 0 Å². The quantitative estimate of drug-likeness (QED) is 0.168. The van der Waals surface area contributed by atoms with Crippen molar-refractivity contribution in [1.82, 2.24) is 23.9 Å². The van der Waals surface area contributed by atoms with Crippen LogP contribution in [0.3, 0.4) is 0 Å². The normalized spacial score (nSPS) is 12.1. The maximum absolute atomic E-state index is 5.32. The zero-order chi connectivity index (χ0) is 41.2. The van der Waals surface area contributed by atoms with Crippen LogP contribution in [-0.4, -0.2) is 23.9 Å². The van der Waals surface area contributed by atoms with Crippen molar-refractivity contribution in [2.75, 3.05) is 0 Å². The fraction of sp³-hybridized carbons (Fsp3) is 0. The Bertz CT molecular complexity index is 4070. The molecule has 0 fully saturated rings. The van der Waals surface area contributed by atoms with E-state index in [4.69, 9.17) is 15.0 Å². The van der Waals surface area contributed by atoms with E-state index in [1.165, 1.54) is 63.8 Å². The summed E-state index contributed by atoms with van der Waals surface area (Å²) in [5, 5.41) is 7.80. The third-order valence-corrected chi connectivity index (χ3v) is 14.0. The first kappa shape index (κ1) is 34.5. The first-order valence-corrected chi connectivity index (χ1v) is 22.1. The first-order chi connectivity index (χ1) is 31.2. The van der Waals surface area contributed by atoms with Gasteiger partial charge in [0.25, 0.3) is 0 Å². The van der Waals surface area contributed by atoms with Gasteiger partial charge in [-0.05, 0) is 82.9 Å². The van der Waals surface area contributed by atoms with Crippen molar-refractivity contribution in [1.29, 1.82) is 0 Å². The Morgan fingerprint density at radius 1 is 0.317 bits per heavy atom. The Morgan fingerprint density at radius 3 is 1.65 bits per heavy atom. The van der Waals surface area contributed by atoms with Crippen molar-refractivity contribution in [3.05, 3.63) is 200 Å². The molecule has 9 aromatic carbocycles. The zero-order valence-electron chi connectivity index (χ0n) is 33.7. The highest BCUT2D eigenvalue weighted by molar-refractivity contribution is 7.26. The average Bonchev–Trinajstić information content (AvgIpc) is 3.99. The summed E-state index contributed by atoms with van der Waals surface area (Å²) in [6, 6.07) is 71.6. The van der Waals surface area contributed by atoms with Gasteiger partial charge in [0.1, 0.15) is 0 Å². The summed E-state index contributed by atoms with van der Waals surface area (Å²) in [6.07, 6.45) is 0. The molecule has 14 rings (SSSR count). The van der Waals surface area contributed by atoms with E-state index in [9.17, 15) is 0 Å². The lowest BCUT2D eigenvalue weighted by atomic mass is 10.0. The fourth-order valence-electron chi connectivity index (χ4n) is 10.1. The molecule has 0 atom stereocenters.